The zero-order valence-corrected chi connectivity index (χ0v) is 10.3. The molecule has 84 valence electrons. The topological polar surface area (TPSA) is 54.4 Å². The zero-order valence-electron chi connectivity index (χ0n) is 7.89. The Hall–Kier alpha value is -0.100. The van der Waals surface area contributed by atoms with Crippen LogP contribution in [0, 0.1) is 5.92 Å². The second-order valence-electron chi connectivity index (χ2n) is 3.74. The summed E-state index contributed by atoms with van der Waals surface area (Å²) < 4.78 is 22.5. The molecule has 1 aromatic heterocycles. The number of sulfone groups is 1. The van der Waals surface area contributed by atoms with Crippen LogP contribution in [-0.4, -0.2) is 25.0 Å². The first-order valence-corrected chi connectivity index (χ1v) is 7.69. The summed E-state index contributed by atoms with van der Waals surface area (Å²) in [5.74, 6) is 0.0475. The summed E-state index contributed by atoms with van der Waals surface area (Å²) in [4.78, 5) is 0.679. The molecular weight excluding hydrogens is 256 g/mol. The molecule has 2 rings (SSSR count). The van der Waals surface area contributed by atoms with Crippen LogP contribution < -0.4 is 0 Å². The third-order valence-electron chi connectivity index (χ3n) is 2.63. The van der Waals surface area contributed by atoms with E-state index in [0.717, 1.165) is 0 Å². The molecule has 1 aliphatic heterocycles. The van der Waals surface area contributed by atoms with Crippen molar-refractivity contribution in [2.24, 2.45) is 5.92 Å². The van der Waals surface area contributed by atoms with E-state index < -0.39 is 15.9 Å². The first-order valence-electron chi connectivity index (χ1n) is 4.61. The molecule has 0 aromatic carbocycles. The van der Waals surface area contributed by atoms with Crippen LogP contribution in [-0.2, 0) is 9.84 Å². The standard InChI is InChI=1S/C9H11ClO3S2/c10-7-1-3-14-9(7)8(11)6-2-4-15(12,13)5-6/h1,3,6,8,11H,2,4-5H2. The molecule has 1 aromatic rings. The fourth-order valence-electron chi connectivity index (χ4n) is 1.80. The largest absolute Gasteiger partial charge is 0.387 e. The van der Waals surface area contributed by atoms with Crippen molar-refractivity contribution in [1.82, 2.24) is 0 Å². The van der Waals surface area contributed by atoms with Gasteiger partial charge in [0.15, 0.2) is 9.84 Å². The molecule has 0 amide bonds. The average molecular weight is 267 g/mol. The van der Waals surface area contributed by atoms with E-state index in [9.17, 15) is 13.5 Å². The fraction of sp³-hybridized carbons (Fsp3) is 0.556. The van der Waals surface area contributed by atoms with Crippen molar-refractivity contribution in [3.63, 3.8) is 0 Å². The summed E-state index contributed by atoms with van der Waals surface area (Å²) in [6, 6.07) is 1.72. The van der Waals surface area contributed by atoms with Crippen molar-refractivity contribution >= 4 is 32.8 Å². The van der Waals surface area contributed by atoms with Gasteiger partial charge >= 0.3 is 0 Å². The maximum absolute atomic E-state index is 11.3. The number of thiophene rings is 1. The maximum Gasteiger partial charge on any atom is 0.150 e. The fourth-order valence-corrected chi connectivity index (χ4v) is 4.88. The second-order valence-corrected chi connectivity index (χ2v) is 7.32. The predicted octanol–water partition coefficient (Wildman–Crippen LogP) is 1.87. The van der Waals surface area contributed by atoms with Crippen LogP contribution in [0.25, 0.3) is 0 Å². The lowest BCUT2D eigenvalue weighted by molar-refractivity contribution is 0.124. The molecule has 2 unspecified atom stereocenters. The molecule has 1 N–H and O–H groups in total. The molecule has 0 radical (unpaired) electrons. The van der Waals surface area contributed by atoms with Gasteiger partial charge in [-0.05, 0) is 17.9 Å². The first-order chi connectivity index (χ1) is 6.99. The number of halogens is 1. The van der Waals surface area contributed by atoms with Crippen molar-refractivity contribution in [2.75, 3.05) is 11.5 Å². The lowest BCUT2D eigenvalue weighted by Crippen LogP contribution is -2.13. The van der Waals surface area contributed by atoms with E-state index in [1.807, 2.05) is 0 Å². The van der Waals surface area contributed by atoms with Crippen molar-refractivity contribution < 1.29 is 13.5 Å². The van der Waals surface area contributed by atoms with Gasteiger partial charge in [0.25, 0.3) is 0 Å². The molecule has 0 bridgehead atoms. The molecule has 6 heteroatoms. The van der Waals surface area contributed by atoms with Crippen LogP contribution in [0.4, 0.5) is 0 Å². The Morgan fingerprint density at radius 3 is 2.80 bits per heavy atom. The van der Waals surface area contributed by atoms with Crippen LogP contribution in [0.1, 0.15) is 17.4 Å². The molecule has 2 atom stereocenters. The monoisotopic (exact) mass is 266 g/mol. The number of rotatable bonds is 2. The molecule has 0 spiro atoms. The van der Waals surface area contributed by atoms with Gasteiger partial charge in [-0.3, -0.25) is 0 Å². The van der Waals surface area contributed by atoms with Gasteiger partial charge in [-0.15, -0.1) is 11.3 Å². The lowest BCUT2D eigenvalue weighted by Gasteiger charge is -2.15. The van der Waals surface area contributed by atoms with Crippen molar-refractivity contribution in [1.29, 1.82) is 0 Å². The van der Waals surface area contributed by atoms with E-state index in [2.05, 4.69) is 0 Å². The number of aliphatic hydroxyl groups excluding tert-OH is 1. The Bertz CT molecular complexity index is 452. The molecule has 3 nitrogen and oxygen atoms in total. The molecule has 1 saturated heterocycles. The van der Waals surface area contributed by atoms with Crippen molar-refractivity contribution in [2.45, 2.75) is 12.5 Å². The van der Waals surface area contributed by atoms with Gasteiger partial charge in [0.1, 0.15) is 0 Å². The van der Waals surface area contributed by atoms with E-state index in [1.54, 1.807) is 11.4 Å². The Labute approximate surface area is 97.6 Å². The van der Waals surface area contributed by atoms with Gasteiger partial charge in [0, 0.05) is 5.92 Å². The SMILES string of the molecule is O=S1(=O)CCC(C(O)c2sccc2Cl)C1. The Kier molecular flexibility index (Phi) is 3.07. The Morgan fingerprint density at radius 1 is 1.60 bits per heavy atom. The van der Waals surface area contributed by atoms with Crippen LogP contribution >= 0.6 is 22.9 Å². The summed E-state index contributed by atoms with van der Waals surface area (Å²) in [7, 11) is -2.94. The van der Waals surface area contributed by atoms with Crippen molar-refractivity contribution in [3.8, 4) is 0 Å². The van der Waals surface area contributed by atoms with Gasteiger partial charge in [0.2, 0.25) is 0 Å². The second kappa shape index (κ2) is 4.05. The highest BCUT2D eigenvalue weighted by Crippen LogP contribution is 2.37. The van der Waals surface area contributed by atoms with Gasteiger partial charge in [-0.2, -0.15) is 0 Å². The van der Waals surface area contributed by atoms with E-state index >= 15 is 0 Å². The minimum atomic E-state index is -2.94. The first kappa shape index (κ1) is 11.4. The third-order valence-corrected chi connectivity index (χ3v) is 5.85. The summed E-state index contributed by atoms with van der Waals surface area (Å²) in [5, 5.41) is 12.3. The third kappa shape index (κ3) is 2.36. The summed E-state index contributed by atoms with van der Waals surface area (Å²) in [6.45, 7) is 0. The van der Waals surface area contributed by atoms with Crippen molar-refractivity contribution in [3.05, 3.63) is 21.3 Å². The zero-order chi connectivity index (χ0) is 11.1. The highest BCUT2D eigenvalue weighted by molar-refractivity contribution is 7.91. The highest BCUT2D eigenvalue weighted by atomic mass is 35.5. The summed E-state index contributed by atoms with van der Waals surface area (Å²) in [6.07, 6.45) is -0.215. The van der Waals surface area contributed by atoms with Gasteiger partial charge in [-0.25, -0.2) is 8.42 Å². The quantitative estimate of drug-likeness (QED) is 0.889. The molecular formula is C9H11ClO3S2. The molecule has 2 heterocycles. The number of aliphatic hydroxyl groups is 1. The van der Waals surface area contributed by atoms with E-state index in [-0.39, 0.29) is 17.4 Å². The average Bonchev–Trinajstić information content (AvgIpc) is 2.71. The van der Waals surface area contributed by atoms with E-state index in [1.165, 1.54) is 11.3 Å². The van der Waals surface area contributed by atoms with Crippen LogP contribution in [0.3, 0.4) is 0 Å². The van der Waals surface area contributed by atoms with Crippen LogP contribution in [0.15, 0.2) is 11.4 Å². The number of hydrogen-bond acceptors (Lipinski definition) is 4. The molecule has 15 heavy (non-hydrogen) atoms. The van der Waals surface area contributed by atoms with Crippen LogP contribution in [0.2, 0.25) is 5.02 Å². The number of hydrogen-bond donors (Lipinski definition) is 1. The highest BCUT2D eigenvalue weighted by Gasteiger charge is 2.34. The minimum absolute atomic E-state index is 0.0718. The Morgan fingerprint density at radius 2 is 2.33 bits per heavy atom. The van der Waals surface area contributed by atoms with E-state index in [0.29, 0.717) is 16.3 Å². The summed E-state index contributed by atoms with van der Waals surface area (Å²) in [5.41, 5.74) is 0. The molecule has 1 fully saturated rings. The molecule has 1 aliphatic rings. The minimum Gasteiger partial charge on any atom is -0.387 e. The summed E-state index contributed by atoms with van der Waals surface area (Å²) >= 11 is 7.25. The smallest absolute Gasteiger partial charge is 0.150 e. The maximum atomic E-state index is 11.3. The van der Waals surface area contributed by atoms with Gasteiger partial charge in [0.05, 0.1) is 27.5 Å². The van der Waals surface area contributed by atoms with Gasteiger partial charge < -0.3 is 5.11 Å². The molecule has 0 aliphatic carbocycles. The predicted molar refractivity (Wildman–Crippen MR) is 61.0 cm³/mol. The van der Waals surface area contributed by atoms with Crippen LogP contribution in [0.5, 0.6) is 0 Å². The normalized spacial score (nSPS) is 26.7. The molecule has 0 saturated carbocycles. The Balaban J connectivity index is 2.17. The lowest BCUT2D eigenvalue weighted by atomic mass is 10.0. The van der Waals surface area contributed by atoms with Gasteiger partial charge in [-0.1, -0.05) is 11.6 Å². The van der Waals surface area contributed by atoms with E-state index in [4.69, 9.17) is 11.6 Å².